The van der Waals surface area contributed by atoms with Gasteiger partial charge in [0.2, 0.25) is 11.8 Å². The molecule has 2 aliphatic carbocycles. The molecule has 6 nitrogen and oxygen atoms in total. The van der Waals surface area contributed by atoms with E-state index < -0.39 is 0 Å². The molecule has 8 heteroatoms. The molecule has 1 saturated heterocycles. The summed E-state index contributed by atoms with van der Waals surface area (Å²) < 4.78 is 1.09. The zero-order valence-electron chi connectivity index (χ0n) is 14.4. The number of aliphatic imine (C=N–C) groups is 1. The van der Waals surface area contributed by atoms with Crippen LogP contribution in [0.4, 0.5) is 0 Å². The van der Waals surface area contributed by atoms with Crippen LogP contribution in [0.5, 0.6) is 0 Å². The minimum Gasteiger partial charge on any atom is -0.355 e. The Morgan fingerprint density at radius 3 is 2.50 bits per heavy atom. The number of nitrogens with zero attached hydrogens (tertiary/aromatic N) is 2. The highest BCUT2D eigenvalue weighted by Crippen LogP contribution is 2.52. The van der Waals surface area contributed by atoms with E-state index in [1.54, 1.807) is 18.4 Å². The van der Waals surface area contributed by atoms with Crippen molar-refractivity contribution in [1.29, 1.82) is 0 Å². The zero-order valence-corrected chi connectivity index (χ0v) is 16.8. The lowest BCUT2D eigenvalue weighted by Gasteiger charge is -2.18. The molecule has 26 heavy (non-hydrogen) atoms. The van der Waals surface area contributed by atoms with Crippen molar-refractivity contribution < 1.29 is 9.59 Å². The number of allylic oxidation sites excluding steroid dienone is 2. The molecule has 0 spiro atoms. The van der Waals surface area contributed by atoms with Crippen LogP contribution < -0.4 is 10.6 Å². The number of carbonyl (C=O) groups excluding carboxylic acids is 2. The predicted octanol–water partition coefficient (Wildman–Crippen LogP) is 1.98. The number of halogens is 1. The maximum Gasteiger partial charge on any atom is 0.233 e. The third-order valence-corrected chi connectivity index (χ3v) is 7.10. The van der Waals surface area contributed by atoms with Crippen molar-refractivity contribution in [2.24, 2.45) is 28.7 Å². The van der Waals surface area contributed by atoms with Crippen LogP contribution in [0.15, 0.2) is 33.1 Å². The second-order valence-corrected chi connectivity index (χ2v) is 9.43. The molecule has 2 N–H and O–H groups in total. The molecule has 138 valence electrons. The van der Waals surface area contributed by atoms with E-state index in [4.69, 9.17) is 0 Å². The van der Waals surface area contributed by atoms with Crippen LogP contribution in [0.2, 0.25) is 0 Å². The van der Waals surface area contributed by atoms with E-state index in [0.717, 1.165) is 10.2 Å². The number of nitrogens with one attached hydrogen (secondary N) is 2. The van der Waals surface area contributed by atoms with Crippen LogP contribution in [0.3, 0.4) is 0 Å². The van der Waals surface area contributed by atoms with Gasteiger partial charge in [-0.1, -0.05) is 12.2 Å². The normalized spacial score (nSPS) is 29.6. The maximum absolute atomic E-state index is 12.6. The number of imide groups is 1. The first-order chi connectivity index (χ1) is 12.6. The Morgan fingerprint density at radius 1 is 1.23 bits per heavy atom. The summed E-state index contributed by atoms with van der Waals surface area (Å²) in [7, 11) is 1.71. The second-order valence-electron chi connectivity index (χ2n) is 6.89. The molecule has 1 aromatic heterocycles. The highest BCUT2D eigenvalue weighted by atomic mass is 79.9. The smallest absolute Gasteiger partial charge is 0.233 e. The average Bonchev–Trinajstić information content (AvgIpc) is 3.38. The van der Waals surface area contributed by atoms with E-state index in [0.29, 0.717) is 25.6 Å². The van der Waals surface area contributed by atoms with Gasteiger partial charge in [0.25, 0.3) is 0 Å². The molecule has 2 heterocycles. The van der Waals surface area contributed by atoms with E-state index in [-0.39, 0.29) is 35.5 Å². The molecule has 1 saturated carbocycles. The fourth-order valence-corrected chi connectivity index (χ4v) is 5.73. The van der Waals surface area contributed by atoms with Crippen molar-refractivity contribution in [3.8, 4) is 0 Å². The third-order valence-electron chi connectivity index (χ3n) is 5.47. The Labute approximate surface area is 164 Å². The second kappa shape index (κ2) is 7.15. The van der Waals surface area contributed by atoms with Crippen LogP contribution in [0.1, 0.15) is 11.3 Å². The Balaban J connectivity index is 1.28. The topological polar surface area (TPSA) is 73.8 Å². The minimum atomic E-state index is -0.118. The average molecular weight is 437 g/mol. The molecule has 2 fully saturated rings. The summed E-state index contributed by atoms with van der Waals surface area (Å²) in [5, 5.41) is 6.43. The summed E-state index contributed by atoms with van der Waals surface area (Å²) in [6.45, 7) is 1.56. The van der Waals surface area contributed by atoms with E-state index >= 15 is 0 Å². The van der Waals surface area contributed by atoms with Crippen LogP contribution in [0.25, 0.3) is 0 Å². The van der Waals surface area contributed by atoms with Crippen LogP contribution in [-0.2, 0) is 16.1 Å². The molecule has 2 bridgehead atoms. The van der Waals surface area contributed by atoms with Gasteiger partial charge < -0.3 is 10.6 Å². The van der Waals surface area contributed by atoms with Crippen molar-refractivity contribution in [3.05, 3.63) is 32.9 Å². The minimum absolute atomic E-state index is 0.00466. The van der Waals surface area contributed by atoms with Crippen LogP contribution in [-0.4, -0.2) is 42.8 Å². The largest absolute Gasteiger partial charge is 0.355 e. The Kier molecular flexibility index (Phi) is 4.88. The van der Waals surface area contributed by atoms with Crippen molar-refractivity contribution in [2.45, 2.75) is 13.0 Å². The Morgan fingerprint density at radius 2 is 1.92 bits per heavy atom. The molecule has 0 aromatic carbocycles. The summed E-state index contributed by atoms with van der Waals surface area (Å²) in [5.41, 5.74) is 0. The van der Waals surface area contributed by atoms with Gasteiger partial charge in [-0.2, -0.15) is 0 Å². The summed E-state index contributed by atoms with van der Waals surface area (Å²) in [6, 6.07) is 4.07. The predicted molar refractivity (Wildman–Crippen MR) is 105 cm³/mol. The molecular formula is C18H21BrN4O2S. The molecule has 4 atom stereocenters. The van der Waals surface area contributed by atoms with Gasteiger partial charge in [0.05, 0.1) is 22.2 Å². The molecule has 1 aromatic rings. The standard InChI is InChI=1S/C18H21BrN4O2S/c1-20-18(22-9-12-4-5-13(19)26-12)21-6-7-23-16(24)14-10-2-3-11(8-10)15(14)17(23)25/h2-5,10-11,14-15H,6-9H2,1H3,(H2,20,21,22). The molecule has 4 unspecified atom stereocenters. The third kappa shape index (κ3) is 3.09. The van der Waals surface area contributed by atoms with Gasteiger partial charge in [-0.05, 0) is 46.3 Å². The first-order valence-electron chi connectivity index (χ1n) is 8.80. The van der Waals surface area contributed by atoms with Crippen LogP contribution in [0, 0.1) is 23.7 Å². The molecular weight excluding hydrogens is 416 g/mol. The lowest BCUT2D eigenvalue weighted by molar-refractivity contribution is -0.140. The summed E-state index contributed by atoms with van der Waals surface area (Å²) in [4.78, 5) is 32.1. The molecule has 2 amide bonds. The number of thiophene rings is 1. The SMILES string of the molecule is CN=C(NCCN1C(=O)C2C3C=CC(C3)C2C1=O)NCc1ccc(Br)s1. The van der Waals surface area contributed by atoms with Gasteiger partial charge in [0.15, 0.2) is 5.96 Å². The highest BCUT2D eigenvalue weighted by Gasteiger charge is 2.58. The summed E-state index contributed by atoms with van der Waals surface area (Å²) in [5.74, 6) is 0.961. The van der Waals surface area contributed by atoms with Crippen molar-refractivity contribution in [1.82, 2.24) is 15.5 Å². The highest BCUT2D eigenvalue weighted by molar-refractivity contribution is 9.11. The monoisotopic (exact) mass is 436 g/mol. The Hall–Kier alpha value is -1.67. The van der Waals surface area contributed by atoms with Gasteiger partial charge in [0.1, 0.15) is 0 Å². The van der Waals surface area contributed by atoms with Crippen LogP contribution >= 0.6 is 27.3 Å². The van der Waals surface area contributed by atoms with Gasteiger partial charge in [0, 0.05) is 25.0 Å². The molecule has 4 rings (SSSR count). The molecule has 1 aliphatic heterocycles. The number of hydrogen-bond acceptors (Lipinski definition) is 4. The molecule has 3 aliphatic rings. The van der Waals surface area contributed by atoms with E-state index in [9.17, 15) is 9.59 Å². The van der Waals surface area contributed by atoms with E-state index in [2.05, 4.69) is 49.8 Å². The number of guanidine groups is 1. The fraction of sp³-hybridized carbons (Fsp3) is 0.500. The van der Waals surface area contributed by atoms with Crippen molar-refractivity contribution in [3.63, 3.8) is 0 Å². The first kappa shape index (κ1) is 17.7. The number of rotatable bonds is 5. The Bertz CT molecular complexity index is 760. The van der Waals surface area contributed by atoms with Gasteiger partial charge in [-0.15, -0.1) is 11.3 Å². The van der Waals surface area contributed by atoms with Gasteiger partial charge in [-0.25, -0.2) is 0 Å². The number of amides is 2. The fourth-order valence-electron chi connectivity index (χ4n) is 4.31. The van der Waals surface area contributed by atoms with Crippen molar-refractivity contribution in [2.75, 3.05) is 20.1 Å². The number of hydrogen-bond donors (Lipinski definition) is 2. The lowest BCUT2D eigenvalue weighted by Crippen LogP contribution is -2.43. The molecule has 0 radical (unpaired) electrons. The maximum atomic E-state index is 12.6. The quantitative estimate of drug-likeness (QED) is 0.320. The lowest BCUT2D eigenvalue weighted by atomic mass is 9.85. The van der Waals surface area contributed by atoms with Gasteiger partial charge >= 0.3 is 0 Å². The van der Waals surface area contributed by atoms with Gasteiger partial charge in [-0.3, -0.25) is 19.5 Å². The van der Waals surface area contributed by atoms with E-state index in [1.165, 1.54) is 9.78 Å². The zero-order chi connectivity index (χ0) is 18.3. The number of likely N-dealkylation sites (tertiary alicyclic amines) is 1. The summed E-state index contributed by atoms with van der Waals surface area (Å²) in [6.07, 6.45) is 5.20. The van der Waals surface area contributed by atoms with Crippen molar-refractivity contribution >= 4 is 45.0 Å². The number of fused-ring (bicyclic) bond motifs is 5. The first-order valence-corrected chi connectivity index (χ1v) is 10.4. The summed E-state index contributed by atoms with van der Waals surface area (Å²) >= 11 is 5.12. The number of carbonyl (C=O) groups is 2. The van der Waals surface area contributed by atoms with E-state index in [1.807, 2.05) is 6.07 Å².